The molecule has 4 rings (SSSR count). The number of benzene rings is 1. The molecule has 3 aromatic rings. The summed E-state index contributed by atoms with van der Waals surface area (Å²) in [5, 5.41) is 13.4. The van der Waals surface area contributed by atoms with Crippen molar-refractivity contribution in [2.45, 2.75) is 50.8 Å². The van der Waals surface area contributed by atoms with Crippen LogP contribution in [0.25, 0.3) is 11.2 Å². The molecule has 1 saturated heterocycles. The van der Waals surface area contributed by atoms with Crippen molar-refractivity contribution < 1.29 is 35.7 Å². The van der Waals surface area contributed by atoms with Gasteiger partial charge in [-0.15, -0.1) is 0 Å². The number of aliphatic hydroxyl groups is 1. The van der Waals surface area contributed by atoms with Crippen LogP contribution in [0.15, 0.2) is 42.9 Å². The van der Waals surface area contributed by atoms with E-state index in [1.165, 1.54) is 36.1 Å². The molecule has 2 aromatic heterocycles. The molecule has 1 aromatic carbocycles. The zero-order valence-corrected chi connectivity index (χ0v) is 23.5. The van der Waals surface area contributed by atoms with Gasteiger partial charge < -0.3 is 30.6 Å². The largest absolute Gasteiger partial charge is 0.463 e. The van der Waals surface area contributed by atoms with Gasteiger partial charge in [0.15, 0.2) is 17.4 Å². The zero-order valence-electron chi connectivity index (χ0n) is 23.8. The number of para-hydroxylation sites is 1. The van der Waals surface area contributed by atoms with E-state index in [-0.39, 0.29) is 17.3 Å². The molecule has 3 heterocycles. The molecular formula is C25H30ClN6O7P. The Kier molecular flexibility index (Phi) is 8.15. The second-order valence-electron chi connectivity index (χ2n) is 9.39. The molecule has 1 unspecified atom stereocenters. The number of aliphatic hydroxyl groups excluding tert-OH is 1. The molecule has 214 valence electrons. The normalized spacial score (nSPS) is 25.8. The van der Waals surface area contributed by atoms with E-state index >= 15 is 0 Å². The van der Waals surface area contributed by atoms with Gasteiger partial charge in [-0.3, -0.25) is 13.9 Å². The van der Waals surface area contributed by atoms with Crippen molar-refractivity contribution in [3.8, 4) is 17.0 Å². The number of carbonyl (C=O) groups excluding carboxylic acids is 1. The Bertz CT molecular complexity index is 1550. The van der Waals surface area contributed by atoms with Gasteiger partial charge >= 0.3 is 13.6 Å². The van der Waals surface area contributed by atoms with Crippen LogP contribution in [0.2, 0.25) is 0 Å². The van der Waals surface area contributed by atoms with E-state index in [2.05, 4.69) is 26.3 Å². The van der Waals surface area contributed by atoms with Crippen molar-refractivity contribution in [1.29, 1.82) is 0 Å². The molecule has 0 amide bonds. The van der Waals surface area contributed by atoms with Crippen molar-refractivity contribution in [3.05, 3.63) is 42.9 Å². The SMILES string of the molecule is [2H]C([2H])(O[P@@](=O)(C[C@@H](C)C(=O)OC(C)C)Oc1ccccc1)[C@H]1O[C@@H](n2cnc3cnc(N)nc32)C(N)(C#CCl)[C@H]1O. The highest BCUT2D eigenvalue weighted by molar-refractivity contribution is 7.54. The second-order valence-corrected chi connectivity index (χ2v) is 11.5. The van der Waals surface area contributed by atoms with Gasteiger partial charge in [0, 0.05) is 5.38 Å². The Balaban J connectivity index is 1.69. The minimum Gasteiger partial charge on any atom is -0.463 e. The highest BCUT2D eigenvalue weighted by Crippen LogP contribution is 2.51. The third-order valence-corrected chi connectivity index (χ3v) is 7.82. The number of aromatic nitrogens is 4. The van der Waals surface area contributed by atoms with Crippen molar-refractivity contribution in [1.82, 2.24) is 19.5 Å². The standard InChI is InChI=1S/C25H30ClN6O7P/c1-15(2)37-22(34)16(3)13-40(35,39-17-7-5-4-6-8-17)36-12-19-20(33)25(28,9-10-26)23(38-19)32-14-30-18-11-29-24(27)31-21(18)32/h4-8,11,14-16,19-20,23,33H,12-13,28H2,1-3H3,(H2,27,29,31)/t16-,19-,20+,23-,25?,40+/m1/s1/i12D2. The van der Waals surface area contributed by atoms with Crippen LogP contribution in [0, 0.1) is 17.2 Å². The van der Waals surface area contributed by atoms with Crippen molar-refractivity contribution >= 4 is 42.3 Å². The fourth-order valence-corrected chi connectivity index (χ4v) is 5.84. The number of nitrogens with zero attached hydrogens (tertiary/aromatic N) is 4. The number of hydrogen-bond donors (Lipinski definition) is 3. The smallest absolute Gasteiger partial charge is 0.380 e. The lowest BCUT2D eigenvalue weighted by Crippen LogP contribution is -2.53. The maximum absolute atomic E-state index is 14.1. The van der Waals surface area contributed by atoms with Gasteiger partial charge in [-0.25, -0.2) is 14.5 Å². The second kappa shape index (κ2) is 12.1. The quantitative estimate of drug-likeness (QED) is 0.177. The van der Waals surface area contributed by atoms with E-state index in [1.54, 1.807) is 32.0 Å². The number of hydrogen-bond acceptors (Lipinski definition) is 12. The van der Waals surface area contributed by atoms with Crippen LogP contribution in [-0.4, -0.2) is 67.2 Å². The molecule has 0 spiro atoms. The summed E-state index contributed by atoms with van der Waals surface area (Å²) in [5.41, 5.74) is 10.6. The minimum atomic E-state index is -4.50. The average Bonchev–Trinajstić information content (AvgIpc) is 3.41. The van der Waals surface area contributed by atoms with E-state index in [9.17, 15) is 14.5 Å². The highest BCUT2D eigenvalue weighted by atomic mass is 35.5. The van der Waals surface area contributed by atoms with Crippen molar-refractivity contribution in [2.24, 2.45) is 11.7 Å². The number of ether oxygens (including phenoxy) is 2. The van der Waals surface area contributed by atoms with Gasteiger partial charge in [0.1, 0.15) is 23.5 Å². The number of fused-ring (bicyclic) bond motifs is 1. The van der Waals surface area contributed by atoms with Gasteiger partial charge in [0.25, 0.3) is 0 Å². The van der Waals surface area contributed by atoms with Crippen molar-refractivity contribution in [3.63, 3.8) is 0 Å². The topological polar surface area (TPSA) is 187 Å². The Morgan fingerprint density at radius 3 is 2.75 bits per heavy atom. The Morgan fingerprint density at radius 1 is 1.35 bits per heavy atom. The number of nitrogens with two attached hydrogens (primary N) is 2. The summed E-state index contributed by atoms with van der Waals surface area (Å²) in [6.45, 7) is 1.73. The molecular weight excluding hydrogens is 563 g/mol. The number of carbonyl (C=O) groups is 1. The van der Waals surface area contributed by atoms with Crippen LogP contribution in [0.3, 0.4) is 0 Å². The lowest BCUT2D eigenvalue weighted by atomic mass is 9.92. The fourth-order valence-electron chi connectivity index (χ4n) is 3.97. The van der Waals surface area contributed by atoms with Gasteiger partial charge in [-0.2, -0.15) is 4.98 Å². The summed E-state index contributed by atoms with van der Waals surface area (Å²) in [6, 6.07) is 7.88. The highest BCUT2D eigenvalue weighted by Gasteiger charge is 2.55. The molecule has 13 nitrogen and oxygen atoms in total. The lowest BCUT2D eigenvalue weighted by molar-refractivity contribution is -0.151. The van der Waals surface area contributed by atoms with E-state index < -0.39 is 62.3 Å². The first kappa shape index (κ1) is 27.0. The molecule has 5 N–H and O–H groups in total. The molecule has 0 radical (unpaired) electrons. The molecule has 1 fully saturated rings. The maximum Gasteiger partial charge on any atom is 0.380 e. The van der Waals surface area contributed by atoms with Crippen LogP contribution >= 0.6 is 19.2 Å². The summed E-state index contributed by atoms with van der Waals surface area (Å²) in [5.74, 6) is 0.772. The first-order valence-electron chi connectivity index (χ1n) is 13.1. The molecule has 1 aliphatic rings. The lowest BCUT2D eigenvalue weighted by Gasteiger charge is -2.27. The maximum atomic E-state index is 14.1. The first-order chi connectivity index (χ1) is 19.7. The van der Waals surface area contributed by atoms with Crippen LogP contribution in [0.5, 0.6) is 5.75 Å². The summed E-state index contributed by atoms with van der Waals surface area (Å²) >= 11 is 5.68. The van der Waals surface area contributed by atoms with Gasteiger partial charge in [0.05, 0.1) is 40.0 Å². The third-order valence-electron chi connectivity index (χ3n) is 5.86. The predicted molar refractivity (Wildman–Crippen MR) is 146 cm³/mol. The Morgan fingerprint density at radius 2 is 2.08 bits per heavy atom. The monoisotopic (exact) mass is 594 g/mol. The number of imidazole rings is 1. The van der Waals surface area contributed by atoms with Crippen LogP contribution in [0.4, 0.5) is 5.95 Å². The molecule has 0 aliphatic carbocycles. The molecule has 15 heteroatoms. The number of anilines is 1. The number of rotatable bonds is 10. The van der Waals surface area contributed by atoms with Crippen LogP contribution in [-0.2, 0) is 23.4 Å². The molecule has 0 saturated carbocycles. The van der Waals surface area contributed by atoms with E-state index in [0.717, 1.165) is 0 Å². The zero-order chi connectivity index (χ0) is 30.9. The Labute approximate surface area is 238 Å². The summed E-state index contributed by atoms with van der Waals surface area (Å²) in [4.78, 5) is 24.7. The van der Waals surface area contributed by atoms with Crippen LogP contribution in [0.1, 0.15) is 29.7 Å². The fraction of sp³-hybridized carbons (Fsp3) is 0.440. The van der Waals surface area contributed by atoms with Gasteiger partial charge in [-0.05, 0) is 37.6 Å². The first-order valence-corrected chi connectivity index (χ1v) is 14.2. The number of nitrogen functional groups attached to an aromatic ring is 1. The van der Waals surface area contributed by atoms with Crippen LogP contribution < -0.4 is 16.0 Å². The van der Waals surface area contributed by atoms with Gasteiger partial charge in [0.2, 0.25) is 5.95 Å². The molecule has 0 bridgehead atoms. The summed E-state index contributed by atoms with van der Waals surface area (Å²) in [7, 11) is -4.50. The Hall–Kier alpha value is -3.24. The third kappa shape index (κ3) is 6.39. The molecule has 6 atom stereocenters. The number of halogens is 1. The van der Waals surface area contributed by atoms with E-state index in [0.29, 0.717) is 5.52 Å². The minimum absolute atomic E-state index is 0.0897. The van der Waals surface area contributed by atoms with Gasteiger partial charge in [-0.1, -0.05) is 31.0 Å². The molecule has 40 heavy (non-hydrogen) atoms. The van der Waals surface area contributed by atoms with Crippen molar-refractivity contribution in [2.75, 3.05) is 18.5 Å². The molecule has 1 aliphatic heterocycles. The summed E-state index contributed by atoms with van der Waals surface area (Å²) in [6.07, 6.45) is -3.58. The number of esters is 1. The van der Waals surface area contributed by atoms with E-state index in [4.69, 9.17) is 44.3 Å². The average molecular weight is 595 g/mol. The van der Waals surface area contributed by atoms with E-state index in [1.807, 2.05) is 0 Å². The summed E-state index contributed by atoms with van der Waals surface area (Å²) < 4.78 is 55.2. The predicted octanol–water partition coefficient (Wildman–Crippen LogP) is 2.44.